The van der Waals surface area contributed by atoms with E-state index < -0.39 is 35.9 Å². The Balaban J connectivity index is 2.69. The Bertz CT molecular complexity index is 474. The molecule has 0 radical (unpaired) electrons. The van der Waals surface area contributed by atoms with Crippen LogP contribution in [0.15, 0.2) is 0 Å². The number of hydrogen-bond acceptors (Lipinski definition) is 8. The van der Waals surface area contributed by atoms with Gasteiger partial charge in [0, 0.05) is 19.3 Å². The number of carbonyl (C=O) groups is 5. The van der Waals surface area contributed by atoms with Crippen molar-refractivity contribution >= 4 is 29.8 Å². The van der Waals surface area contributed by atoms with Crippen LogP contribution in [0.4, 0.5) is 4.79 Å². The lowest BCUT2D eigenvalue weighted by molar-refractivity contribution is -0.199. The Labute approximate surface area is 125 Å². The molecule has 1 aliphatic rings. The molecular formula is C12H16N2O8. The van der Waals surface area contributed by atoms with Gasteiger partial charge in [0.05, 0.1) is 14.2 Å². The molecule has 1 atom stereocenters. The van der Waals surface area contributed by atoms with Crippen molar-refractivity contribution in [1.29, 1.82) is 0 Å². The topological polar surface area (TPSA) is 128 Å². The van der Waals surface area contributed by atoms with E-state index in [-0.39, 0.29) is 25.7 Å². The summed E-state index contributed by atoms with van der Waals surface area (Å²) in [5.41, 5.74) is 0. The smallest absolute Gasteiger partial charge is 0.407 e. The van der Waals surface area contributed by atoms with Crippen molar-refractivity contribution in [3.8, 4) is 0 Å². The molecule has 0 spiro atoms. The first-order valence-corrected chi connectivity index (χ1v) is 6.38. The average Bonchev–Trinajstić information content (AvgIpc) is 2.82. The van der Waals surface area contributed by atoms with E-state index in [1.165, 1.54) is 7.11 Å². The monoisotopic (exact) mass is 316 g/mol. The zero-order valence-corrected chi connectivity index (χ0v) is 12.1. The van der Waals surface area contributed by atoms with Crippen LogP contribution in [-0.4, -0.2) is 55.2 Å². The van der Waals surface area contributed by atoms with E-state index in [4.69, 9.17) is 0 Å². The SMILES string of the molecule is COC(=O)CCC(NC(=O)OC)C(=O)ON1C(=O)CCC1=O. The van der Waals surface area contributed by atoms with Crippen LogP contribution in [0.1, 0.15) is 25.7 Å². The highest BCUT2D eigenvalue weighted by atomic mass is 16.7. The molecule has 3 amide bonds. The Kier molecular flexibility index (Phi) is 6.29. The minimum absolute atomic E-state index is 0.0522. The van der Waals surface area contributed by atoms with E-state index in [2.05, 4.69) is 19.6 Å². The summed E-state index contributed by atoms with van der Waals surface area (Å²) in [5, 5.41) is 2.51. The summed E-state index contributed by atoms with van der Waals surface area (Å²) < 4.78 is 8.78. The zero-order chi connectivity index (χ0) is 16.7. The number of hydroxylamine groups is 2. The number of alkyl carbamates (subject to hydrolysis) is 1. The summed E-state index contributed by atoms with van der Waals surface area (Å²) in [6.45, 7) is 0. The normalized spacial score (nSPS) is 15.3. The molecular weight excluding hydrogens is 300 g/mol. The van der Waals surface area contributed by atoms with Crippen molar-refractivity contribution in [3.05, 3.63) is 0 Å². The van der Waals surface area contributed by atoms with Gasteiger partial charge < -0.3 is 19.6 Å². The number of rotatable bonds is 6. The summed E-state index contributed by atoms with van der Waals surface area (Å²) in [7, 11) is 2.26. The summed E-state index contributed by atoms with van der Waals surface area (Å²) in [5.74, 6) is -2.96. The molecule has 10 heteroatoms. The fourth-order valence-electron chi connectivity index (χ4n) is 1.63. The first-order valence-electron chi connectivity index (χ1n) is 6.38. The van der Waals surface area contributed by atoms with Crippen LogP contribution < -0.4 is 5.32 Å². The maximum atomic E-state index is 12.0. The summed E-state index contributed by atoms with van der Waals surface area (Å²) in [6.07, 6.45) is -1.35. The molecule has 1 unspecified atom stereocenters. The number of carbonyl (C=O) groups excluding carboxylic acids is 5. The van der Waals surface area contributed by atoms with Crippen molar-refractivity contribution in [2.75, 3.05) is 14.2 Å². The summed E-state index contributed by atoms with van der Waals surface area (Å²) in [6, 6.07) is -1.27. The minimum Gasteiger partial charge on any atom is -0.469 e. The molecule has 0 bridgehead atoms. The minimum atomic E-state index is -1.27. The number of esters is 1. The standard InChI is InChI=1S/C12H16N2O8/c1-20-10(17)6-3-7(13-12(19)21-2)11(18)22-14-8(15)4-5-9(14)16/h7H,3-6H2,1-2H3,(H,13,19). The maximum Gasteiger partial charge on any atom is 0.407 e. The molecule has 0 saturated carbocycles. The molecule has 0 aromatic carbocycles. The quantitative estimate of drug-likeness (QED) is 0.502. The van der Waals surface area contributed by atoms with Crippen molar-refractivity contribution in [1.82, 2.24) is 10.4 Å². The van der Waals surface area contributed by atoms with Gasteiger partial charge in [-0.2, -0.15) is 0 Å². The second-order valence-electron chi connectivity index (χ2n) is 4.30. The number of hydrogen-bond donors (Lipinski definition) is 1. The number of methoxy groups -OCH3 is 2. The Morgan fingerprint density at radius 1 is 1.14 bits per heavy atom. The van der Waals surface area contributed by atoms with Crippen LogP contribution >= 0.6 is 0 Å². The predicted octanol–water partition coefficient (Wildman–Crippen LogP) is -0.729. The summed E-state index contributed by atoms with van der Waals surface area (Å²) in [4.78, 5) is 61.7. The fourth-order valence-corrected chi connectivity index (χ4v) is 1.63. The highest BCUT2D eigenvalue weighted by Gasteiger charge is 2.35. The number of amides is 3. The van der Waals surface area contributed by atoms with E-state index in [1.54, 1.807) is 0 Å². The van der Waals surface area contributed by atoms with Gasteiger partial charge in [0.25, 0.3) is 11.8 Å². The molecule has 1 rings (SSSR count). The highest BCUT2D eigenvalue weighted by molar-refractivity contribution is 6.01. The van der Waals surface area contributed by atoms with Gasteiger partial charge >= 0.3 is 18.0 Å². The van der Waals surface area contributed by atoms with E-state index in [9.17, 15) is 24.0 Å². The first kappa shape index (κ1) is 17.4. The molecule has 0 aromatic rings. The van der Waals surface area contributed by atoms with E-state index >= 15 is 0 Å². The second kappa shape index (κ2) is 7.96. The molecule has 1 aliphatic heterocycles. The lowest BCUT2D eigenvalue weighted by atomic mass is 10.1. The van der Waals surface area contributed by atoms with Crippen LogP contribution in [0, 0.1) is 0 Å². The van der Waals surface area contributed by atoms with E-state index in [1.807, 2.05) is 0 Å². The molecule has 22 heavy (non-hydrogen) atoms. The zero-order valence-electron chi connectivity index (χ0n) is 12.1. The molecule has 10 nitrogen and oxygen atoms in total. The van der Waals surface area contributed by atoms with Crippen LogP contribution in [0.3, 0.4) is 0 Å². The van der Waals surface area contributed by atoms with Gasteiger partial charge in [0.1, 0.15) is 6.04 Å². The second-order valence-corrected chi connectivity index (χ2v) is 4.30. The third-order valence-electron chi connectivity index (χ3n) is 2.81. The van der Waals surface area contributed by atoms with Crippen molar-refractivity contribution in [2.45, 2.75) is 31.7 Å². The van der Waals surface area contributed by atoms with Crippen LogP contribution in [-0.2, 0) is 33.5 Å². The van der Waals surface area contributed by atoms with Gasteiger partial charge in [-0.3, -0.25) is 14.4 Å². The number of ether oxygens (including phenoxy) is 2. The molecule has 1 saturated heterocycles. The molecule has 122 valence electrons. The van der Waals surface area contributed by atoms with Gasteiger partial charge in [-0.25, -0.2) is 9.59 Å². The summed E-state index contributed by atoms with van der Waals surface area (Å²) >= 11 is 0. The lowest BCUT2D eigenvalue weighted by Gasteiger charge is -2.19. The van der Waals surface area contributed by atoms with E-state index in [0.717, 1.165) is 7.11 Å². The number of nitrogens with one attached hydrogen (secondary N) is 1. The van der Waals surface area contributed by atoms with Crippen LogP contribution in [0.5, 0.6) is 0 Å². The van der Waals surface area contributed by atoms with Crippen molar-refractivity contribution in [3.63, 3.8) is 0 Å². The Hall–Kier alpha value is -2.65. The fraction of sp³-hybridized carbons (Fsp3) is 0.583. The van der Waals surface area contributed by atoms with Crippen molar-refractivity contribution in [2.24, 2.45) is 0 Å². The molecule has 0 aromatic heterocycles. The van der Waals surface area contributed by atoms with Crippen LogP contribution in [0.25, 0.3) is 0 Å². The predicted molar refractivity (Wildman–Crippen MR) is 67.8 cm³/mol. The largest absolute Gasteiger partial charge is 0.469 e. The van der Waals surface area contributed by atoms with Gasteiger partial charge in [0.15, 0.2) is 0 Å². The number of imide groups is 1. The van der Waals surface area contributed by atoms with Gasteiger partial charge in [-0.05, 0) is 6.42 Å². The Morgan fingerprint density at radius 2 is 1.73 bits per heavy atom. The first-order chi connectivity index (χ1) is 10.4. The van der Waals surface area contributed by atoms with Gasteiger partial charge in [0.2, 0.25) is 0 Å². The third-order valence-corrected chi connectivity index (χ3v) is 2.81. The molecule has 1 fully saturated rings. The van der Waals surface area contributed by atoms with E-state index in [0.29, 0.717) is 5.06 Å². The highest BCUT2D eigenvalue weighted by Crippen LogP contribution is 2.13. The average molecular weight is 316 g/mol. The number of nitrogens with zero attached hydrogens (tertiary/aromatic N) is 1. The molecule has 0 aliphatic carbocycles. The maximum absolute atomic E-state index is 12.0. The Morgan fingerprint density at radius 3 is 2.23 bits per heavy atom. The van der Waals surface area contributed by atoms with Crippen LogP contribution in [0.2, 0.25) is 0 Å². The van der Waals surface area contributed by atoms with Gasteiger partial charge in [-0.15, -0.1) is 5.06 Å². The molecule has 1 N–H and O–H groups in total. The molecule has 1 heterocycles. The van der Waals surface area contributed by atoms with Gasteiger partial charge in [-0.1, -0.05) is 0 Å². The third kappa shape index (κ3) is 4.72. The lowest BCUT2D eigenvalue weighted by Crippen LogP contribution is -2.45. The van der Waals surface area contributed by atoms with Crippen molar-refractivity contribution < 1.29 is 38.3 Å².